The monoisotopic (exact) mass is 291 g/mol. The van der Waals surface area contributed by atoms with Crippen LogP contribution in [0.3, 0.4) is 0 Å². The number of rotatable bonds is 6. The van der Waals surface area contributed by atoms with Gasteiger partial charge in [0.15, 0.2) is 0 Å². The minimum absolute atomic E-state index is 0.140. The third kappa shape index (κ3) is 6.12. The Morgan fingerprint density at radius 3 is 2.62 bits per heavy atom. The molecule has 1 aliphatic carbocycles. The number of aromatic nitrogens is 1. The van der Waals surface area contributed by atoms with Gasteiger partial charge in [0.2, 0.25) is 0 Å². The Morgan fingerprint density at radius 1 is 1.38 bits per heavy atom. The van der Waals surface area contributed by atoms with Crippen LogP contribution in [0.4, 0.5) is 4.79 Å². The zero-order chi connectivity index (χ0) is 15.3. The highest BCUT2D eigenvalue weighted by molar-refractivity contribution is 5.68. The van der Waals surface area contributed by atoms with Crippen LogP contribution in [0.25, 0.3) is 0 Å². The van der Waals surface area contributed by atoms with E-state index < -0.39 is 5.60 Å². The molecular weight excluding hydrogens is 266 g/mol. The van der Waals surface area contributed by atoms with Gasteiger partial charge < -0.3 is 15.4 Å². The van der Waals surface area contributed by atoms with E-state index in [2.05, 4.69) is 15.6 Å². The molecule has 1 atom stereocenters. The maximum Gasteiger partial charge on any atom is 0.407 e. The number of nitrogens with one attached hydrogen (secondary N) is 2. The van der Waals surface area contributed by atoms with Gasteiger partial charge in [-0.1, -0.05) is 0 Å². The van der Waals surface area contributed by atoms with Gasteiger partial charge in [0, 0.05) is 31.5 Å². The van der Waals surface area contributed by atoms with E-state index in [0.29, 0.717) is 5.92 Å². The topological polar surface area (TPSA) is 63.2 Å². The van der Waals surface area contributed by atoms with E-state index in [1.807, 2.05) is 32.9 Å². The Bertz CT molecular complexity index is 452. The van der Waals surface area contributed by atoms with Crippen LogP contribution in [0, 0.1) is 5.92 Å². The summed E-state index contributed by atoms with van der Waals surface area (Å²) in [5.41, 5.74) is 0.736. The molecule has 21 heavy (non-hydrogen) atoms. The lowest BCUT2D eigenvalue weighted by atomic mass is 10.1. The summed E-state index contributed by atoms with van der Waals surface area (Å²) < 4.78 is 5.32. The average molecular weight is 291 g/mol. The fourth-order valence-corrected chi connectivity index (χ4v) is 2.17. The van der Waals surface area contributed by atoms with Gasteiger partial charge in [0.1, 0.15) is 5.60 Å². The molecule has 116 valence electrons. The van der Waals surface area contributed by atoms with Crippen molar-refractivity contribution in [3.05, 3.63) is 30.1 Å². The molecule has 1 heterocycles. The largest absolute Gasteiger partial charge is 0.444 e. The second kappa shape index (κ2) is 6.89. The van der Waals surface area contributed by atoms with Crippen LogP contribution in [0.15, 0.2) is 24.5 Å². The van der Waals surface area contributed by atoms with Gasteiger partial charge in [-0.3, -0.25) is 4.98 Å². The summed E-state index contributed by atoms with van der Waals surface area (Å²) in [5.74, 6) is 0.572. The summed E-state index contributed by atoms with van der Waals surface area (Å²) in [7, 11) is 0. The number of carbonyl (C=O) groups excluding carboxylic acids is 1. The minimum Gasteiger partial charge on any atom is -0.444 e. The van der Waals surface area contributed by atoms with Crippen molar-refractivity contribution in [1.82, 2.24) is 15.6 Å². The van der Waals surface area contributed by atoms with Crippen molar-refractivity contribution in [2.45, 2.75) is 51.8 Å². The van der Waals surface area contributed by atoms with Gasteiger partial charge in [-0.25, -0.2) is 4.79 Å². The van der Waals surface area contributed by atoms with Crippen molar-refractivity contribution < 1.29 is 9.53 Å². The Kier molecular flexibility index (Phi) is 5.17. The van der Waals surface area contributed by atoms with Crippen LogP contribution in [0.5, 0.6) is 0 Å². The third-order valence-electron chi connectivity index (χ3n) is 3.34. The molecule has 1 aromatic rings. The summed E-state index contributed by atoms with van der Waals surface area (Å²) in [5, 5.41) is 6.38. The maximum absolute atomic E-state index is 11.9. The molecular formula is C16H25N3O2. The summed E-state index contributed by atoms with van der Waals surface area (Å²) in [6.45, 7) is 7.16. The molecule has 0 aromatic carbocycles. The van der Waals surface area contributed by atoms with Crippen LogP contribution in [0.1, 0.15) is 39.2 Å². The second-order valence-electron chi connectivity index (χ2n) is 6.58. The molecule has 5 nitrogen and oxygen atoms in total. The number of alkyl carbamates (subject to hydrolysis) is 1. The highest BCUT2D eigenvalue weighted by Crippen LogP contribution is 2.32. The molecule has 0 bridgehead atoms. The highest BCUT2D eigenvalue weighted by atomic mass is 16.6. The average Bonchev–Trinajstić information content (AvgIpc) is 3.21. The standard InChI is InChI=1S/C16H25N3O2/c1-16(2,3)21-15(20)19-14(13-4-5-13)11-18-10-12-6-8-17-9-7-12/h6-9,13-14,18H,4-5,10-11H2,1-3H3,(H,19,20). The molecule has 0 aliphatic heterocycles. The molecule has 5 heteroatoms. The zero-order valence-electron chi connectivity index (χ0n) is 13.1. The fourth-order valence-electron chi connectivity index (χ4n) is 2.17. The number of ether oxygens (including phenoxy) is 1. The first-order valence-corrected chi connectivity index (χ1v) is 7.53. The van der Waals surface area contributed by atoms with Gasteiger partial charge >= 0.3 is 6.09 Å². The van der Waals surface area contributed by atoms with Crippen molar-refractivity contribution in [2.75, 3.05) is 6.54 Å². The predicted molar refractivity (Wildman–Crippen MR) is 81.8 cm³/mol. The van der Waals surface area contributed by atoms with Crippen LogP contribution in [-0.4, -0.2) is 29.3 Å². The summed E-state index contributed by atoms with van der Waals surface area (Å²) in [6.07, 6.45) is 5.60. The zero-order valence-corrected chi connectivity index (χ0v) is 13.1. The normalized spacial score (nSPS) is 16.3. The molecule has 1 fully saturated rings. The highest BCUT2D eigenvalue weighted by Gasteiger charge is 2.33. The quantitative estimate of drug-likeness (QED) is 0.845. The van der Waals surface area contributed by atoms with E-state index in [-0.39, 0.29) is 12.1 Å². The van der Waals surface area contributed by atoms with Crippen molar-refractivity contribution in [3.63, 3.8) is 0 Å². The summed E-state index contributed by atoms with van der Waals surface area (Å²) >= 11 is 0. The molecule has 1 aromatic heterocycles. The van der Waals surface area contributed by atoms with E-state index >= 15 is 0 Å². The Balaban J connectivity index is 1.76. The molecule has 0 radical (unpaired) electrons. The van der Waals surface area contributed by atoms with E-state index in [9.17, 15) is 4.79 Å². The number of hydrogen-bond donors (Lipinski definition) is 2. The van der Waals surface area contributed by atoms with Gasteiger partial charge in [-0.2, -0.15) is 0 Å². The van der Waals surface area contributed by atoms with E-state index in [1.165, 1.54) is 18.4 Å². The van der Waals surface area contributed by atoms with Crippen molar-refractivity contribution in [2.24, 2.45) is 5.92 Å². The van der Waals surface area contributed by atoms with Crippen LogP contribution >= 0.6 is 0 Å². The van der Waals surface area contributed by atoms with Gasteiger partial charge in [0.25, 0.3) is 0 Å². The summed E-state index contributed by atoms with van der Waals surface area (Å²) in [6, 6.07) is 4.11. The number of carbonyl (C=O) groups is 1. The Labute approximate surface area is 126 Å². The molecule has 1 saturated carbocycles. The van der Waals surface area contributed by atoms with Crippen molar-refractivity contribution in [3.8, 4) is 0 Å². The third-order valence-corrected chi connectivity index (χ3v) is 3.34. The van der Waals surface area contributed by atoms with E-state index in [4.69, 9.17) is 4.74 Å². The maximum atomic E-state index is 11.9. The van der Waals surface area contributed by atoms with Crippen molar-refractivity contribution in [1.29, 1.82) is 0 Å². The van der Waals surface area contributed by atoms with E-state index in [1.54, 1.807) is 12.4 Å². The molecule has 0 spiro atoms. The Hall–Kier alpha value is -1.62. The van der Waals surface area contributed by atoms with Crippen LogP contribution in [0.2, 0.25) is 0 Å². The fraction of sp³-hybridized carbons (Fsp3) is 0.625. The lowest BCUT2D eigenvalue weighted by Gasteiger charge is -2.24. The number of pyridine rings is 1. The number of nitrogens with zero attached hydrogens (tertiary/aromatic N) is 1. The molecule has 0 saturated heterocycles. The van der Waals surface area contributed by atoms with Gasteiger partial charge in [-0.05, 0) is 57.2 Å². The van der Waals surface area contributed by atoms with E-state index in [0.717, 1.165) is 13.1 Å². The van der Waals surface area contributed by atoms with Gasteiger partial charge in [-0.15, -0.1) is 0 Å². The predicted octanol–water partition coefficient (Wildman–Crippen LogP) is 2.47. The molecule has 1 amide bonds. The first kappa shape index (κ1) is 15.8. The first-order chi connectivity index (χ1) is 9.94. The smallest absolute Gasteiger partial charge is 0.407 e. The van der Waals surface area contributed by atoms with Crippen LogP contribution < -0.4 is 10.6 Å². The molecule has 1 aliphatic rings. The van der Waals surface area contributed by atoms with Crippen LogP contribution in [-0.2, 0) is 11.3 Å². The van der Waals surface area contributed by atoms with Crippen molar-refractivity contribution >= 4 is 6.09 Å². The molecule has 2 rings (SSSR count). The number of hydrogen-bond acceptors (Lipinski definition) is 4. The lowest BCUT2D eigenvalue weighted by molar-refractivity contribution is 0.0497. The molecule has 1 unspecified atom stereocenters. The van der Waals surface area contributed by atoms with Gasteiger partial charge in [0.05, 0.1) is 0 Å². The SMILES string of the molecule is CC(C)(C)OC(=O)NC(CNCc1ccncc1)C1CC1. The minimum atomic E-state index is -0.456. The second-order valence-corrected chi connectivity index (χ2v) is 6.58. The number of amides is 1. The first-order valence-electron chi connectivity index (χ1n) is 7.53. The Morgan fingerprint density at radius 2 is 2.05 bits per heavy atom. The lowest BCUT2D eigenvalue weighted by Crippen LogP contribution is -2.45. The summed E-state index contributed by atoms with van der Waals surface area (Å²) in [4.78, 5) is 15.9. The molecule has 2 N–H and O–H groups in total.